The number of hydrogen-bond donors (Lipinski definition) is 1. The number of aromatic nitrogens is 2. The summed E-state index contributed by atoms with van der Waals surface area (Å²) in [5.74, 6) is 0.627. The molecule has 7 nitrogen and oxygen atoms in total. The van der Waals surface area contributed by atoms with Crippen LogP contribution < -0.4 is 10.9 Å². The van der Waals surface area contributed by atoms with Gasteiger partial charge in [-0.2, -0.15) is 0 Å². The number of fused-ring (bicyclic) bond motifs is 2. The minimum Gasteiger partial charge on any atom is -0.379 e. The molecule has 2 aromatic carbocycles. The van der Waals surface area contributed by atoms with Crippen molar-refractivity contribution in [2.75, 3.05) is 38.2 Å². The Labute approximate surface area is 180 Å². The molecule has 1 amide bonds. The summed E-state index contributed by atoms with van der Waals surface area (Å²) in [4.78, 5) is 32.3. The second-order valence-corrected chi connectivity index (χ2v) is 7.89. The fourth-order valence-electron chi connectivity index (χ4n) is 4.15. The van der Waals surface area contributed by atoms with Gasteiger partial charge in [0.2, 0.25) is 5.91 Å². The molecule has 1 N–H and O–H groups in total. The maximum atomic E-state index is 13.0. The maximum Gasteiger partial charge on any atom is 0.261 e. The van der Waals surface area contributed by atoms with Crippen LogP contribution in [0.5, 0.6) is 0 Å². The topological polar surface area (TPSA) is 76.5 Å². The normalized spacial score (nSPS) is 17.7. The van der Waals surface area contributed by atoms with Crippen LogP contribution in [0.1, 0.15) is 17.8 Å². The molecule has 3 aromatic rings. The van der Waals surface area contributed by atoms with Crippen molar-refractivity contribution in [3.8, 4) is 0 Å². The van der Waals surface area contributed by atoms with Crippen molar-refractivity contribution >= 4 is 34.1 Å². The number of rotatable bonds is 4. The Morgan fingerprint density at radius 3 is 2.71 bits per heavy atom. The van der Waals surface area contributed by atoms with Crippen molar-refractivity contribution in [3.63, 3.8) is 0 Å². The smallest absolute Gasteiger partial charge is 0.261 e. The second kappa shape index (κ2) is 8.45. The van der Waals surface area contributed by atoms with Gasteiger partial charge in [0.15, 0.2) is 0 Å². The van der Waals surface area contributed by atoms with Gasteiger partial charge in [0.05, 0.1) is 30.7 Å². The van der Waals surface area contributed by atoms with E-state index in [0.29, 0.717) is 48.7 Å². The van der Waals surface area contributed by atoms with Gasteiger partial charge in [0, 0.05) is 25.3 Å². The first kappa shape index (κ1) is 19.7. The van der Waals surface area contributed by atoms with Crippen molar-refractivity contribution in [3.05, 3.63) is 70.3 Å². The number of nitrogens with zero attached hydrogens (tertiary/aromatic N) is 3. The van der Waals surface area contributed by atoms with E-state index in [1.807, 2.05) is 30.3 Å². The standard InChI is InChI=1S/C24H24N4O3/c29-22(16-27-10-12-31-13-11-27)25-19-6-7-20-21(15-19)26-23-18(8-9-28(23)24(20)30)14-17-4-2-1-3-5-17/h1-7,14-15H,8-13,16H2,(H,25,29). The van der Waals surface area contributed by atoms with Gasteiger partial charge in [-0.3, -0.25) is 19.1 Å². The number of allylic oxidation sites excluding steroid dienone is 1. The largest absolute Gasteiger partial charge is 0.379 e. The molecule has 0 radical (unpaired) electrons. The molecular weight excluding hydrogens is 392 g/mol. The Hall–Kier alpha value is -3.29. The van der Waals surface area contributed by atoms with Gasteiger partial charge in [-0.25, -0.2) is 4.98 Å². The summed E-state index contributed by atoms with van der Waals surface area (Å²) in [6.07, 6.45) is 2.86. The molecule has 3 heterocycles. The molecular formula is C24H24N4O3. The number of morpholine rings is 1. The van der Waals surface area contributed by atoms with E-state index in [1.165, 1.54) is 0 Å². The average molecular weight is 416 g/mol. The number of hydrogen-bond acceptors (Lipinski definition) is 5. The molecule has 158 valence electrons. The van der Waals surface area contributed by atoms with Crippen LogP contribution in [0.15, 0.2) is 53.3 Å². The summed E-state index contributed by atoms with van der Waals surface area (Å²) in [6, 6.07) is 15.4. The van der Waals surface area contributed by atoms with Crippen LogP contribution in [0.25, 0.3) is 22.6 Å². The highest BCUT2D eigenvalue weighted by atomic mass is 16.5. The average Bonchev–Trinajstić information content (AvgIpc) is 3.18. The minimum atomic E-state index is -0.0798. The molecule has 0 unspecified atom stereocenters. The lowest BCUT2D eigenvalue weighted by molar-refractivity contribution is -0.118. The highest BCUT2D eigenvalue weighted by molar-refractivity contribution is 5.95. The second-order valence-electron chi connectivity index (χ2n) is 7.89. The van der Waals surface area contributed by atoms with Crippen molar-refractivity contribution < 1.29 is 9.53 Å². The highest BCUT2D eigenvalue weighted by Crippen LogP contribution is 2.28. The highest BCUT2D eigenvalue weighted by Gasteiger charge is 2.21. The van der Waals surface area contributed by atoms with Crippen molar-refractivity contribution in [2.45, 2.75) is 13.0 Å². The fraction of sp³-hybridized carbons (Fsp3) is 0.292. The van der Waals surface area contributed by atoms with Crippen molar-refractivity contribution in [1.82, 2.24) is 14.5 Å². The van der Waals surface area contributed by atoms with Crippen LogP contribution in [0, 0.1) is 0 Å². The zero-order valence-electron chi connectivity index (χ0n) is 17.2. The fourth-order valence-corrected chi connectivity index (χ4v) is 4.15. The van der Waals surface area contributed by atoms with Gasteiger partial charge in [0.1, 0.15) is 5.82 Å². The van der Waals surface area contributed by atoms with E-state index in [1.54, 1.807) is 22.8 Å². The number of nitrogens with one attached hydrogen (secondary N) is 1. The Morgan fingerprint density at radius 2 is 1.90 bits per heavy atom. The third-order valence-electron chi connectivity index (χ3n) is 5.74. The summed E-state index contributed by atoms with van der Waals surface area (Å²) in [5, 5.41) is 3.50. The predicted molar refractivity (Wildman–Crippen MR) is 121 cm³/mol. The zero-order chi connectivity index (χ0) is 21.2. The molecule has 1 fully saturated rings. The molecule has 2 aliphatic rings. The van der Waals surface area contributed by atoms with Gasteiger partial charge in [0.25, 0.3) is 5.56 Å². The molecule has 2 aliphatic heterocycles. The van der Waals surface area contributed by atoms with Crippen LogP contribution >= 0.6 is 0 Å². The molecule has 0 aliphatic carbocycles. The molecule has 0 saturated carbocycles. The molecule has 7 heteroatoms. The van der Waals surface area contributed by atoms with E-state index in [4.69, 9.17) is 9.72 Å². The SMILES string of the molecule is O=C(CN1CCOCC1)Nc1ccc2c(=O)n3c(nc2c1)C(=Cc1ccccc1)CC3. The van der Waals surface area contributed by atoms with Gasteiger partial charge in [-0.15, -0.1) is 0 Å². The van der Waals surface area contributed by atoms with E-state index >= 15 is 0 Å². The van der Waals surface area contributed by atoms with Crippen LogP contribution in [0.2, 0.25) is 0 Å². The maximum absolute atomic E-state index is 13.0. The summed E-state index contributed by atoms with van der Waals surface area (Å²) < 4.78 is 7.07. The molecule has 1 aromatic heterocycles. The molecule has 0 bridgehead atoms. The summed E-state index contributed by atoms with van der Waals surface area (Å²) in [6.45, 7) is 3.78. The zero-order valence-corrected chi connectivity index (χ0v) is 17.2. The molecule has 0 spiro atoms. The number of ether oxygens (including phenoxy) is 1. The summed E-state index contributed by atoms with van der Waals surface area (Å²) in [5.41, 5.74) is 3.34. The van der Waals surface area contributed by atoms with Gasteiger partial charge < -0.3 is 10.1 Å². The van der Waals surface area contributed by atoms with Crippen LogP contribution in [0.3, 0.4) is 0 Å². The van der Waals surface area contributed by atoms with E-state index < -0.39 is 0 Å². The van der Waals surface area contributed by atoms with Crippen molar-refractivity contribution in [2.24, 2.45) is 0 Å². The van der Waals surface area contributed by atoms with Crippen LogP contribution in [-0.2, 0) is 16.1 Å². The van der Waals surface area contributed by atoms with Gasteiger partial charge in [-0.05, 0) is 41.8 Å². The number of carbonyl (C=O) groups is 1. The first-order valence-corrected chi connectivity index (χ1v) is 10.6. The predicted octanol–water partition coefficient (Wildman–Crippen LogP) is 2.61. The number of anilines is 1. The molecule has 0 atom stereocenters. The van der Waals surface area contributed by atoms with Crippen LogP contribution in [0.4, 0.5) is 5.69 Å². The molecule has 5 rings (SSSR count). The molecule has 1 saturated heterocycles. The summed E-state index contributed by atoms with van der Waals surface area (Å²) >= 11 is 0. The lowest BCUT2D eigenvalue weighted by Crippen LogP contribution is -2.41. The Kier molecular flexibility index (Phi) is 5.36. The first-order chi connectivity index (χ1) is 15.2. The third-order valence-corrected chi connectivity index (χ3v) is 5.74. The van der Waals surface area contributed by atoms with E-state index in [0.717, 1.165) is 30.6 Å². The van der Waals surface area contributed by atoms with E-state index in [9.17, 15) is 9.59 Å². The summed E-state index contributed by atoms with van der Waals surface area (Å²) in [7, 11) is 0. The number of amides is 1. The van der Waals surface area contributed by atoms with E-state index in [2.05, 4.69) is 16.3 Å². The monoisotopic (exact) mass is 416 g/mol. The Balaban J connectivity index is 1.42. The first-order valence-electron chi connectivity index (χ1n) is 10.6. The van der Waals surface area contributed by atoms with Gasteiger partial charge >= 0.3 is 0 Å². The van der Waals surface area contributed by atoms with Crippen molar-refractivity contribution in [1.29, 1.82) is 0 Å². The Morgan fingerprint density at radius 1 is 1.10 bits per heavy atom. The van der Waals surface area contributed by atoms with E-state index in [-0.39, 0.29) is 11.5 Å². The number of benzene rings is 2. The molecule has 31 heavy (non-hydrogen) atoms. The van der Waals surface area contributed by atoms with Gasteiger partial charge in [-0.1, -0.05) is 30.3 Å². The lowest BCUT2D eigenvalue weighted by atomic mass is 10.1. The minimum absolute atomic E-state index is 0.0392. The van der Waals surface area contributed by atoms with Crippen LogP contribution in [-0.4, -0.2) is 53.2 Å². The quantitative estimate of drug-likeness (QED) is 0.708. The number of carbonyl (C=O) groups excluding carboxylic acids is 1. The lowest BCUT2D eigenvalue weighted by Gasteiger charge is -2.25. The third kappa shape index (κ3) is 4.15. The Bertz CT molecular complexity index is 1210.